The van der Waals surface area contributed by atoms with Crippen LogP contribution in [-0.4, -0.2) is 39.8 Å². The van der Waals surface area contributed by atoms with Gasteiger partial charge < -0.3 is 10.1 Å². The summed E-state index contributed by atoms with van der Waals surface area (Å²) < 4.78 is 29.3. The molecule has 1 rings (SSSR count). The van der Waals surface area contributed by atoms with E-state index in [1.54, 1.807) is 18.2 Å². The Hall–Kier alpha value is -0.820. The molecule has 0 bridgehead atoms. The average Bonchev–Trinajstić information content (AvgIpc) is 2.42. The average molecular weight is 354 g/mol. The minimum absolute atomic E-state index is 0.252. The Kier molecular flexibility index (Phi) is 6.93. The van der Waals surface area contributed by atoms with Crippen LogP contribution in [0.4, 0.5) is 0 Å². The van der Waals surface area contributed by atoms with Gasteiger partial charge >= 0.3 is 0 Å². The molecule has 0 saturated carbocycles. The summed E-state index contributed by atoms with van der Waals surface area (Å²) in [6, 6.07) is 4.74. The SMILES string of the molecule is COCCNC(=O)C(C)S(=O)(=O)Cc1c(Cl)cccc1Cl. The first-order valence-corrected chi connectivity index (χ1v) is 8.68. The highest BCUT2D eigenvalue weighted by Gasteiger charge is 2.29. The van der Waals surface area contributed by atoms with Crippen molar-refractivity contribution in [3.63, 3.8) is 0 Å². The smallest absolute Gasteiger partial charge is 0.238 e. The van der Waals surface area contributed by atoms with Crippen molar-refractivity contribution in [3.8, 4) is 0 Å². The maximum Gasteiger partial charge on any atom is 0.238 e. The van der Waals surface area contributed by atoms with Gasteiger partial charge in [0, 0.05) is 29.3 Å². The molecule has 0 aromatic heterocycles. The molecule has 0 aliphatic carbocycles. The Morgan fingerprint density at radius 1 is 1.33 bits per heavy atom. The van der Waals surface area contributed by atoms with Crippen LogP contribution in [0.5, 0.6) is 0 Å². The van der Waals surface area contributed by atoms with Crippen LogP contribution in [0.1, 0.15) is 12.5 Å². The molecule has 1 unspecified atom stereocenters. The van der Waals surface area contributed by atoms with Gasteiger partial charge in [0.15, 0.2) is 9.84 Å². The van der Waals surface area contributed by atoms with Crippen molar-refractivity contribution < 1.29 is 17.9 Å². The van der Waals surface area contributed by atoms with E-state index < -0.39 is 21.0 Å². The Labute approximate surface area is 134 Å². The van der Waals surface area contributed by atoms with Crippen LogP contribution in [0.2, 0.25) is 10.0 Å². The molecule has 1 atom stereocenters. The molecule has 0 fully saturated rings. The third-order valence-corrected chi connectivity index (χ3v) is 5.61. The lowest BCUT2D eigenvalue weighted by Crippen LogP contribution is -2.39. The van der Waals surface area contributed by atoms with Crippen molar-refractivity contribution in [1.82, 2.24) is 5.32 Å². The highest BCUT2D eigenvalue weighted by Crippen LogP contribution is 2.27. The molecule has 118 valence electrons. The van der Waals surface area contributed by atoms with E-state index in [4.69, 9.17) is 27.9 Å². The minimum Gasteiger partial charge on any atom is -0.383 e. The predicted molar refractivity (Wildman–Crippen MR) is 83.4 cm³/mol. The maximum absolute atomic E-state index is 12.3. The highest BCUT2D eigenvalue weighted by molar-refractivity contribution is 7.92. The number of carbonyl (C=O) groups is 1. The monoisotopic (exact) mass is 353 g/mol. The Morgan fingerprint density at radius 2 is 1.90 bits per heavy atom. The summed E-state index contributed by atoms with van der Waals surface area (Å²) in [4.78, 5) is 11.8. The van der Waals surface area contributed by atoms with Crippen molar-refractivity contribution in [3.05, 3.63) is 33.8 Å². The lowest BCUT2D eigenvalue weighted by molar-refractivity contribution is -0.120. The van der Waals surface area contributed by atoms with Crippen LogP contribution in [0, 0.1) is 0 Å². The zero-order valence-electron chi connectivity index (χ0n) is 11.7. The number of sulfone groups is 1. The molecule has 0 aliphatic heterocycles. The van der Waals surface area contributed by atoms with E-state index >= 15 is 0 Å². The molecule has 0 aliphatic rings. The summed E-state index contributed by atoms with van der Waals surface area (Å²) in [7, 11) is -2.22. The zero-order valence-corrected chi connectivity index (χ0v) is 14.1. The number of hydrogen-bond donors (Lipinski definition) is 1. The topological polar surface area (TPSA) is 72.5 Å². The lowest BCUT2D eigenvalue weighted by atomic mass is 10.2. The normalized spacial score (nSPS) is 13.0. The first kappa shape index (κ1) is 18.2. The molecule has 8 heteroatoms. The number of benzene rings is 1. The summed E-state index contributed by atoms with van der Waals surface area (Å²) in [6.07, 6.45) is 0. The van der Waals surface area contributed by atoms with Crippen molar-refractivity contribution in [1.29, 1.82) is 0 Å². The number of methoxy groups -OCH3 is 1. The maximum atomic E-state index is 12.3. The summed E-state index contributed by atoms with van der Waals surface area (Å²) in [5, 5.41) is 1.83. The van der Waals surface area contributed by atoms with Gasteiger partial charge in [-0.3, -0.25) is 4.79 Å². The summed E-state index contributed by atoms with van der Waals surface area (Å²) in [5.41, 5.74) is 0.303. The molecule has 5 nitrogen and oxygen atoms in total. The number of ether oxygens (including phenoxy) is 1. The summed E-state index contributed by atoms with van der Waals surface area (Å²) in [5.74, 6) is -0.958. The van der Waals surface area contributed by atoms with Crippen LogP contribution in [0.15, 0.2) is 18.2 Å². The van der Waals surface area contributed by atoms with Crippen molar-refractivity contribution in [2.45, 2.75) is 17.9 Å². The number of rotatable bonds is 7. The molecule has 1 aromatic rings. The van der Waals surface area contributed by atoms with Crippen LogP contribution < -0.4 is 5.32 Å². The third kappa shape index (κ3) is 5.14. The van der Waals surface area contributed by atoms with Crippen LogP contribution in [0.3, 0.4) is 0 Å². The van der Waals surface area contributed by atoms with Crippen LogP contribution in [-0.2, 0) is 25.1 Å². The van der Waals surface area contributed by atoms with Crippen molar-refractivity contribution in [2.75, 3.05) is 20.3 Å². The molecule has 0 heterocycles. The largest absolute Gasteiger partial charge is 0.383 e. The second-order valence-corrected chi connectivity index (χ2v) is 7.57. The zero-order chi connectivity index (χ0) is 16.0. The minimum atomic E-state index is -3.72. The number of halogens is 2. The second kappa shape index (κ2) is 7.98. The Balaban J connectivity index is 2.83. The second-order valence-electron chi connectivity index (χ2n) is 4.43. The summed E-state index contributed by atoms with van der Waals surface area (Å²) >= 11 is 11.9. The molecular weight excluding hydrogens is 337 g/mol. The van der Waals surface area contributed by atoms with Crippen LogP contribution in [0.25, 0.3) is 0 Å². The van der Waals surface area contributed by atoms with Gasteiger partial charge in [-0.25, -0.2) is 8.42 Å². The van der Waals surface area contributed by atoms with E-state index in [1.807, 2.05) is 0 Å². The van der Waals surface area contributed by atoms with Gasteiger partial charge in [-0.2, -0.15) is 0 Å². The standard InChI is InChI=1S/C13H17Cl2NO4S/c1-9(13(17)16-6-7-20-2)21(18,19)8-10-11(14)4-3-5-12(10)15/h3-5,9H,6-8H2,1-2H3,(H,16,17). The fraction of sp³-hybridized carbons (Fsp3) is 0.462. The Bertz CT molecular complexity index is 584. The van der Waals surface area contributed by atoms with Crippen LogP contribution >= 0.6 is 23.2 Å². The predicted octanol–water partition coefficient (Wildman–Crippen LogP) is 2.06. The quantitative estimate of drug-likeness (QED) is 0.761. The molecule has 0 spiro atoms. The number of nitrogens with one attached hydrogen (secondary N) is 1. The molecule has 1 amide bonds. The molecule has 1 N–H and O–H groups in total. The summed E-state index contributed by atoms with van der Waals surface area (Å²) in [6.45, 7) is 1.90. The van der Waals surface area contributed by atoms with E-state index in [2.05, 4.69) is 5.32 Å². The molecule has 0 saturated heterocycles. The van der Waals surface area contributed by atoms with E-state index in [0.717, 1.165) is 0 Å². The Morgan fingerprint density at radius 3 is 2.43 bits per heavy atom. The fourth-order valence-electron chi connectivity index (χ4n) is 1.58. The van der Waals surface area contributed by atoms with Gasteiger partial charge in [-0.05, 0) is 19.1 Å². The van der Waals surface area contributed by atoms with E-state index in [9.17, 15) is 13.2 Å². The van der Waals surface area contributed by atoms with Crippen molar-refractivity contribution in [2.24, 2.45) is 0 Å². The van der Waals surface area contributed by atoms with Gasteiger partial charge in [0.25, 0.3) is 0 Å². The fourth-order valence-corrected chi connectivity index (χ4v) is 3.64. The van der Waals surface area contributed by atoms with Gasteiger partial charge in [0.2, 0.25) is 5.91 Å². The van der Waals surface area contributed by atoms with Gasteiger partial charge in [-0.1, -0.05) is 29.3 Å². The van der Waals surface area contributed by atoms with Gasteiger partial charge in [0.05, 0.1) is 12.4 Å². The van der Waals surface area contributed by atoms with Gasteiger partial charge in [0.1, 0.15) is 5.25 Å². The number of hydrogen-bond acceptors (Lipinski definition) is 4. The molecule has 21 heavy (non-hydrogen) atoms. The highest BCUT2D eigenvalue weighted by atomic mass is 35.5. The van der Waals surface area contributed by atoms with Gasteiger partial charge in [-0.15, -0.1) is 0 Å². The number of amides is 1. The lowest BCUT2D eigenvalue weighted by Gasteiger charge is -2.14. The van der Waals surface area contributed by atoms with E-state index in [0.29, 0.717) is 12.2 Å². The van der Waals surface area contributed by atoms with E-state index in [-0.39, 0.29) is 22.3 Å². The molecule has 1 aromatic carbocycles. The van der Waals surface area contributed by atoms with Crippen molar-refractivity contribution >= 4 is 38.9 Å². The van der Waals surface area contributed by atoms with E-state index in [1.165, 1.54) is 14.0 Å². The first-order chi connectivity index (χ1) is 9.79. The molecule has 0 radical (unpaired) electrons. The molecular formula is C13H17Cl2NO4S. The number of carbonyl (C=O) groups excluding carboxylic acids is 1. The third-order valence-electron chi connectivity index (χ3n) is 2.92. The first-order valence-electron chi connectivity index (χ1n) is 6.20.